The van der Waals surface area contributed by atoms with Crippen LogP contribution in [0.15, 0.2) is 4.74 Å². The zero-order valence-electron chi connectivity index (χ0n) is 20.6. The molecule has 170 valence electrons. The van der Waals surface area contributed by atoms with Gasteiger partial charge in [0.2, 0.25) is 0 Å². The maximum absolute atomic E-state index is 5.49. The second-order valence-corrected chi connectivity index (χ2v) is 11.9. The summed E-state index contributed by atoms with van der Waals surface area (Å²) in [6.45, 7) is 33.4. The fourth-order valence-electron chi connectivity index (χ4n) is 3.97. The molecule has 6 nitrogen and oxygen atoms in total. The van der Waals surface area contributed by atoms with Crippen molar-refractivity contribution in [2.75, 3.05) is 65.4 Å². The Morgan fingerprint density at radius 3 is 1.11 bits per heavy atom. The van der Waals surface area contributed by atoms with Crippen molar-refractivity contribution in [1.29, 1.82) is 0 Å². The maximum atomic E-state index is 5.49. The second kappa shape index (κ2) is 15.3. The summed E-state index contributed by atoms with van der Waals surface area (Å²) >= 11 is 0. The van der Waals surface area contributed by atoms with E-state index < -0.39 is 15.9 Å². The van der Waals surface area contributed by atoms with E-state index in [0.29, 0.717) is 0 Å². The van der Waals surface area contributed by atoms with Gasteiger partial charge in [-0.3, -0.25) is 14.1 Å². The molecule has 0 spiro atoms. The lowest BCUT2D eigenvalue weighted by molar-refractivity contribution is 0.350. The van der Waals surface area contributed by atoms with Crippen molar-refractivity contribution < 1.29 is 0 Å². The van der Waals surface area contributed by atoms with Crippen LogP contribution in [0.1, 0.15) is 69.2 Å². The summed E-state index contributed by atoms with van der Waals surface area (Å²) in [4.78, 5) is 0. The largest absolute Gasteiger partial charge is 0.261 e. The van der Waals surface area contributed by atoms with E-state index in [1.807, 2.05) is 0 Å². The monoisotopic (exact) mass is 436 g/mol. The summed E-state index contributed by atoms with van der Waals surface area (Å²) in [6.07, 6.45) is 0. The van der Waals surface area contributed by atoms with Crippen LogP contribution >= 0.6 is 15.9 Å². The van der Waals surface area contributed by atoms with Gasteiger partial charge in [-0.15, -0.1) is 0 Å². The molecule has 0 bridgehead atoms. The normalized spacial score (nSPS) is 13.1. The van der Waals surface area contributed by atoms with Crippen LogP contribution in [-0.4, -0.2) is 88.6 Å². The zero-order chi connectivity index (χ0) is 21.7. The highest BCUT2D eigenvalue weighted by molar-refractivity contribution is 7.70. The van der Waals surface area contributed by atoms with Gasteiger partial charge in [-0.05, 0) is 6.92 Å². The molecule has 0 amide bonds. The lowest BCUT2D eigenvalue weighted by Gasteiger charge is -2.54. The predicted molar refractivity (Wildman–Crippen MR) is 131 cm³/mol. The van der Waals surface area contributed by atoms with Gasteiger partial charge < -0.3 is 0 Å². The number of hydrogen-bond acceptors (Lipinski definition) is 3. The van der Waals surface area contributed by atoms with Gasteiger partial charge >= 0.3 is 0 Å². The summed E-state index contributed by atoms with van der Waals surface area (Å²) in [5.41, 5.74) is 0. The van der Waals surface area contributed by atoms with Crippen LogP contribution in [0.3, 0.4) is 0 Å². The molecule has 0 saturated heterocycles. The standard InChI is InChI=1S/C20H50N6P2/c1-11-21-28(24(16-6)17-7,25(18-8)19-9)26(20-10)27(22(12-2)13-3)23(14-4)15-5/h11-20H2,1-10H3. The third kappa shape index (κ3) is 6.23. The first-order chi connectivity index (χ1) is 13.5. The first-order valence-electron chi connectivity index (χ1n) is 11.6. The van der Waals surface area contributed by atoms with Crippen molar-refractivity contribution in [3.05, 3.63) is 0 Å². The Hall–Kier alpha value is 0.460. The van der Waals surface area contributed by atoms with Crippen molar-refractivity contribution in [1.82, 2.24) is 23.1 Å². The molecule has 0 aromatic carbocycles. The predicted octanol–water partition coefficient (Wildman–Crippen LogP) is 5.87. The smallest absolute Gasteiger partial charge is 0.173 e. The lowest BCUT2D eigenvalue weighted by Crippen LogP contribution is -2.44. The molecule has 0 N–H and O–H groups in total. The Kier molecular flexibility index (Phi) is 15.5. The van der Waals surface area contributed by atoms with E-state index in [-0.39, 0.29) is 0 Å². The van der Waals surface area contributed by atoms with Crippen LogP contribution in [0, 0.1) is 0 Å². The molecule has 0 aliphatic carbocycles. The number of hydrogen-bond donors (Lipinski definition) is 0. The zero-order valence-corrected chi connectivity index (χ0v) is 22.4. The van der Waals surface area contributed by atoms with Crippen molar-refractivity contribution >= 4 is 15.9 Å². The van der Waals surface area contributed by atoms with E-state index in [9.17, 15) is 0 Å². The Morgan fingerprint density at radius 1 is 0.536 bits per heavy atom. The highest BCUT2D eigenvalue weighted by Gasteiger charge is 2.43. The molecule has 0 radical (unpaired) electrons. The minimum atomic E-state index is -1.97. The average Bonchev–Trinajstić information content (AvgIpc) is 2.71. The van der Waals surface area contributed by atoms with Gasteiger partial charge in [0, 0.05) is 65.4 Å². The van der Waals surface area contributed by atoms with Crippen LogP contribution < -0.4 is 0 Å². The second-order valence-electron chi connectivity index (χ2n) is 6.51. The summed E-state index contributed by atoms with van der Waals surface area (Å²) in [7, 11) is -2.54. The van der Waals surface area contributed by atoms with Crippen molar-refractivity contribution in [3.8, 4) is 0 Å². The van der Waals surface area contributed by atoms with E-state index in [2.05, 4.69) is 92.4 Å². The Balaban J connectivity index is 6.89. The highest BCUT2D eigenvalue weighted by Crippen LogP contribution is 2.69. The van der Waals surface area contributed by atoms with Gasteiger partial charge in [-0.1, -0.05) is 62.3 Å². The van der Waals surface area contributed by atoms with Gasteiger partial charge in [0.05, 0.1) is 0 Å². The number of rotatable bonds is 16. The van der Waals surface area contributed by atoms with Crippen molar-refractivity contribution in [3.63, 3.8) is 0 Å². The third-order valence-corrected chi connectivity index (χ3v) is 13.6. The lowest BCUT2D eigenvalue weighted by atomic mass is 10.7. The summed E-state index contributed by atoms with van der Waals surface area (Å²) in [5.74, 6) is 0. The van der Waals surface area contributed by atoms with Crippen LogP contribution in [0.4, 0.5) is 0 Å². The molecule has 8 heteroatoms. The Bertz CT molecular complexity index is 404. The fraction of sp³-hybridized carbons (Fsp3) is 1.00. The molecule has 0 aromatic rings. The third-order valence-electron chi connectivity index (χ3n) is 5.32. The summed E-state index contributed by atoms with van der Waals surface area (Å²) < 4.78 is 19.0. The first kappa shape index (κ1) is 28.5. The molecule has 28 heavy (non-hydrogen) atoms. The molecule has 0 aliphatic heterocycles. The molecule has 0 heterocycles. The quantitative estimate of drug-likeness (QED) is 0.282. The molecule has 0 rings (SSSR count). The Labute approximate surface area is 178 Å². The molecule has 0 atom stereocenters. The first-order valence-corrected chi connectivity index (χ1v) is 14.4. The van der Waals surface area contributed by atoms with Crippen LogP contribution in [0.5, 0.6) is 0 Å². The van der Waals surface area contributed by atoms with E-state index in [1.165, 1.54) is 0 Å². The van der Waals surface area contributed by atoms with E-state index in [0.717, 1.165) is 65.4 Å². The Morgan fingerprint density at radius 2 is 0.893 bits per heavy atom. The van der Waals surface area contributed by atoms with Crippen molar-refractivity contribution in [2.24, 2.45) is 4.74 Å². The van der Waals surface area contributed by atoms with Gasteiger partial charge in [0.15, 0.2) is 7.51 Å². The van der Waals surface area contributed by atoms with E-state index in [1.54, 1.807) is 0 Å². The van der Waals surface area contributed by atoms with Crippen LogP contribution in [0.2, 0.25) is 0 Å². The van der Waals surface area contributed by atoms with Gasteiger partial charge in [-0.2, -0.15) is 4.44 Å². The minimum absolute atomic E-state index is 0.566. The molecular formula is C20H50N6P2. The van der Waals surface area contributed by atoms with Gasteiger partial charge in [-0.25, -0.2) is 9.34 Å². The molecule has 0 aromatic heterocycles. The summed E-state index contributed by atoms with van der Waals surface area (Å²) in [5, 5.41) is 0. The van der Waals surface area contributed by atoms with Crippen molar-refractivity contribution in [2.45, 2.75) is 69.2 Å². The van der Waals surface area contributed by atoms with Crippen LogP contribution in [0.25, 0.3) is 0 Å². The molecular weight excluding hydrogens is 386 g/mol. The number of nitrogens with zero attached hydrogens (tertiary/aromatic N) is 6. The molecule has 0 unspecified atom stereocenters. The molecule has 0 fully saturated rings. The minimum Gasteiger partial charge on any atom is -0.261 e. The molecule has 0 saturated carbocycles. The van der Waals surface area contributed by atoms with Gasteiger partial charge in [0.25, 0.3) is 0 Å². The van der Waals surface area contributed by atoms with Gasteiger partial charge in [0.1, 0.15) is 8.37 Å². The topological polar surface area (TPSA) is 28.6 Å². The average molecular weight is 437 g/mol. The van der Waals surface area contributed by atoms with Crippen LogP contribution in [-0.2, 0) is 0 Å². The molecule has 0 aliphatic rings. The summed E-state index contributed by atoms with van der Waals surface area (Å²) in [6, 6.07) is 0. The highest BCUT2D eigenvalue weighted by atomic mass is 31.2. The van der Waals surface area contributed by atoms with E-state index in [4.69, 9.17) is 4.74 Å². The SMILES string of the molecule is CCN=P(N(CC)CC)(N(CC)CC)N(CC)P(N(CC)CC)N(CC)CC. The maximum Gasteiger partial charge on any atom is 0.173 e. The van der Waals surface area contributed by atoms with E-state index >= 15 is 0 Å². The fourth-order valence-corrected chi connectivity index (χ4v) is 12.3.